The van der Waals surface area contributed by atoms with Gasteiger partial charge in [0, 0.05) is 16.5 Å². The van der Waals surface area contributed by atoms with Crippen molar-refractivity contribution in [2.24, 2.45) is 0 Å². The molecule has 0 aliphatic heterocycles. The summed E-state index contributed by atoms with van der Waals surface area (Å²) in [6.07, 6.45) is 1.82. The Morgan fingerprint density at radius 2 is 2.00 bits per heavy atom. The maximum atomic E-state index is 6.19. The zero-order valence-corrected chi connectivity index (χ0v) is 14.1. The number of aryl methyl sites for hydroxylation is 2. The van der Waals surface area contributed by atoms with Gasteiger partial charge in [0.25, 0.3) is 0 Å². The van der Waals surface area contributed by atoms with Crippen LogP contribution in [0.4, 0.5) is 11.5 Å². The summed E-state index contributed by atoms with van der Waals surface area (Å²) in [6.45, 7) is 6.07. The van der Waals surface area contributed by atoms with Crippen molar-refractivity contribution in [1.82, 2.24) is 9.97 Å². The van der Waals surface area contributed by atoms with Gasteiger partial charge in [-0.05, 0) is 47.8 Å². The maximum Gasteiger partial charge on any atom is 0.138 e. The first kappa shape index (κ1) is 15.3. The summed E-state index contributed by atoms with van der Waals surface area (Å²) in [6, 6.07) is 6.07. The molecule has 0 amide bonds. The van der Waals surface area contributed by atoms with E-state index in [0.29, 0.717) is 5.15 Å². The van der Waals surface area contributed by atoms with Gasteiger partial charge in [0.1, 0.15) is 16.8 Å². The highest BCUT2D eigenvalue weighted by atomic mass is 79.9. The van der Waals surface area contributed by atoms with Crippen molar-refractivity contribution < 1.29 is 0 Å². The zero-order valence-electron chi connectivity index (χ0n) is 11.8. The predicted molar refractivity (Wildman–Crippen MR) is 87.9 cm³/mol. The minimum absolute atomic E-state index is 0.509. The van der Waals surface area contributed by atoms with Crippen molar-refractivity contribution in [3.05, 3.63) is 44.8 Å². The van der Waals surface area contributed by atoms with Crippen LogP contribution in [0.25, 0.3) is 0 Å². The molecule has 3 nitrogen and oxygen atoms in total. The molecule has 0 atom stereocenters. The SMILES string of the molecule is CCCc1nc(Cl)c(C)c(Nc2cccc(C)c2Br)n1. The van der Waals surface area contributed by atoms with E-state index < -0.39 is 0 Å². The summed E-state index contributed by atoms with van der Waals surface area (Å²) in [5.74, 6) is 1.54. The van der Waals surface area contributed by atoms with Crippen LogP contribution in [0.1, 0.15) is 30.3 Å². The molecule has 1 N–H and O–H groups in total. The molecule has 0 fully saturated rings. The number of nitrogens with zero attached hydrogens (tertiary/aromatic N) is 2. The number of hydrogen-bond donors (Lipinski definition) is 1. The van der Waals surface area contributed by atoms with Crippen molar-refractivity contribution in [3.63, 3.8) is 0 Å². The van der Waals surface area contributed by atoms with E-state index >= 15 is 0 Å². The van der Waals surface area contributed by atoms with Gasteiger partial charge >= 0.3 is 0 Å². The summed E-state index contributed by atoms with van der Waals surface area (Å²) in [5, 5.41) is 3.85. The van der Waals surface area contributed by atoms with E-state index in [-0.39, 0.29) is 0 Å². The molecule has 5 heteroatoms. The average molecular weight is 355 g/mol. The van der Waals surface area contributed by atoms with Crippen LogP contribution in [0.5, 0.6) is 0 Å². The first-order valence-corrected chi connectivity index (χ1v) is 7.75. The highest BCUT2D eigenvalue weighted by Gasteiger charge is 2.11. The smallest absolute Gasteiger partial charge is 0.138 e. The van der Waals surface area contributed by atoms with E-state index in [9.17, 15) is 0 Å². The lowest BCUT2D eigenvalue weighted by Gasteiger charge is -2.13. The number of halogens is 2. The summed E-state index contributed by atoms with van der Waals surface area (Å²) in [5.41, 5.74) is 3.01. The fraction of sp³-hybridized carbons (Fsp3) is 0.333. The minimum Gasteiger partial charge on any atom is -0.339 e. The van der Waals surface area contributed by atoms with Crippen molar-refractivity contribution >= 4 is 39.0 Å². The Morgan fingerprint density at radius 3 is 2.70 bits per heavy atom. The molecule has 1 aromatic carbocycles. The molecule has 0 saturated carbocycles. The molecular weight excluding hydrogens is 338 g/mol. The van der Waals surface area contributed by atoms with Crippen molar-refractivity contribution in [3.8, 4) is 0 Å². The summed E-state index contributed by atoms with van der Waals surface area (Å²) >= 11 is 9.78. The maximum absolute atomic E-state index is 6.19. The monoisotopic (exact) mass is 353 g/mol. The van der Waals surface area contributed by atoms with E-state index in [1.165, 1.54) is 5.56 Å². The molecule has 0 saturated heterocycles. The van der Waals surface area contributed by atoms with Gasteiger partial charge in [0.05, 0.1) is 5.69 Å². The molecular formula is C15H17BrClN3. The predicted octanol–water partition coefficient (Wildman–Crippen LogP) is 5.21. The average Bonchev–Trinajstić information content (AvgIpc) is 2.41. The number of rotatable bonds is 4. The Bertz CT molecular complexity index is 629. The van der Waals surface area contributed by atoms with Gasteiger partial charge in [-0.3, -0.25) is 0 Å². The van der Waals surface area contributed by atoms with E-state index in [4.69, 9.17) is 11.6 Å². The summed E-state index contributed by atoms with van der Waals surface area (Å²) < 4.78 is 1.03. The normalized spacial score (nSPS) is 10.7. The lowest BCUT2D eigenvalue weighted by atomic mass is 10.2. The Morgan fingerprint density at radius 1 is 1.25 bits per heavy atom. The van der Waals surface area contributed by atoms with Crippen molar-refractivity contribution in [1.29, 1.82) is 0 Å². The van der Waals surface area contributed by atoms with Crippen LogP contribution in [0.3, 0.4) is 0 Å². The van der Waals surface area contributed by atoms with Crippen LogP contribution >= 0.6 is 27.5 Å². The molecule has 2 aromatic rings. The molecule has 0 radical (unpaired) electrons. The molecule has 0 bridgehead atoms. The molecule has 2 rings (SSSR count). The minimum atomic E-state index is 0.509. The molecule has 106 valence electrons. The quantitative estimate of drug-likeness (QED) is 0.766. The Labute approximate surface area is 132 Å². The fourth-order valence-corrected chi connectivity index (χ4v) is 2.41. The van der Waals surface area contributed by atoms with Crippen LogP contribution in [0.15, 0.2) is 22.7 Å². The van der Waals surface area contributed by atoms with Crippen LogP contribution in [-0.4, -0.2) is 9.97 Å². The molecule has 0 spiro atoms. The summed E-state index contributed by atoms with van der Waals surface area (Å²) in [4.78, 5) is 8.87. The van der Waals surface area contributed by atoms with E-state index in [2.05, 4.69) is 51.1 Å². The van der Waals surface area contributed by atoms with Crippen LogP contribution in [-0.2, 0) is 6.42 Å². The largest absolute Gasteiger partial charge is 0.339 e. The van der Waals surface area contributed by atoms with Gasteiger partial charge < -0.3 is 5.32 Å². The van der Waals surface area contributed by atoms with Gasteiger partial charge in [-0.2, -0.15) is 0 Å². The highest BCUT2D eigenvalue weighted by molar-refractivity contribution is 9.10. The van der Waals surface area contributed by atoms with Crippen LogP contribution in [0, 0.1) is 13.8 Å². The van der Waals surface area contributed by atoms with Gasteiger partial charge in [0.15, 0.2) is 0 Å². The van der Waals surface area contributed by atoms with Gasteiger partial charge in [0.2, 0.25) is 0 Å². The first-order valence-electron chi connectivity index (χ1n) is 6.58. The lowest BCUT2D eigenvalue weighted by Crippen LogP contribution is -2.04. The Kier molecular flexibility index (Phi) is 5.00. The Balaban J connectivity index is 2.39. The molecule has 1 aromatic heterocycles. The third-order valence-corrected chi connectivity index (χ3v) is 4.47. The topological polar surface area (TPSA) is 37.8 Å². The molecule has 0 aliphatic carbocycles. The number of nitrogens with one attached hydrogen (secondary N) is 1. The third-order valence-electron chi connectivity index (χ3n) is 3.05. The van der Waals surface area contributed by atoms with Crippen molar-refractivity contribution in [2.75, 3.05) is 5.32 Å². The summed E-state index contributed by atoms with van der Waals surface area (Å²) in [7, 11) is 0. The fourth-order valence-electron chi connectivity index (χ4n) is 1.86. The van der Waals surface area contributed by atoms with E-state index in [1.54, 1.807) is 0 Å². The standard InChI is InChI=1S/C15H17BrClN3/c1-4-6-12-19-14(17)10(3)15(20-12)18-11-8-5-7-9(2)13(11)16/h5,7-8H,4,6H2,1-3H3,(H,18,19,20). The first-order chi connectivity index (χ1) is 9.52. The third kappa shape index (κ3) is 3.30. The van der Waals surface area contributed by atoms with Gasteiger partial charge in [-0.1, -0.05) is 30.7 Å². The van der Waals surface area contributed by atoms with Crippen LogP contribution < -0.4 is 5.32 Å². The molecule has 1 heterocycles. The number of hydrogen-bond acceptors (Lipinski definition) is 3. The zero-order chi connectivity index (χ0) is 14.7. The number of aromatic nitrogens is 2. The lowest BCUT2D eigenvalue weighted by molar-refractivity contribution is 0.833. The van der Waals surface area contributed by atoms with Gasteiger partial charge in [-0.15, -0.1) is 0 Å². The number of anilines is 2. The highest BCUT2D eigenvalue weighted by Crippen LogP contribution is 2.30. The second kappa shape index (κ2) is 6.55. The second-order valence-electron chi connectivity index (χ2n) is 4.72. The Hall–Kier alpha value is -1.13. The van der Waals surface area contributed by atoms with Crippen molar-refractivity contribution in [2.45, 2.75) is 33.6 Å². The second-order valence-corrected chi connectivity index (χ2v) is 5.87. The van der Waals surface area contributed by atoms with Gasteiger partial charge in [-0.25, -0.2) is 9.97 Å². The molecule has 0 unspecified atom stereocenters. The van der Waals surface area contributed by atoms with E-state index in [0.717, 1.165) is 40.2 Å². The van der Waals surface area contributed by atoms with E-state index in [1.807, 2.05) is 19.1 Å². The number of benzene rings is 1. The van der Waals surface area contributed by atoms with Crippen LogP contribution in [0.2, 0.25) is 5.15 Å². The molecule has 20 heavy (non-hydrogen) atoms. The molecule has 0 aliphatic rings.